The molecule has 2 atom stereocenters. The summed E-state index contributed by atoms with van der Waals surface area (Å²) in [5, 5.41) is 0. The summed E-state index contributed by atoms with van der Waals surface area (Å²) in [6.45, 7) is 12.0. The maximum absolute atomic E-state index is 14.1. The van der Waals surface area contributed by atoms with Crippen LogP contribution in [0.15, 0.2) is 0 Å². The van der Waals surface area contributed by atoms with Gasteiger partial charge in [-0.25, -0.2) is 0 Å². The molecule has 0 N–H and O–H groups in total. The Morgan fingerprint density at radius 3 is 1.15 bits per heavy atom. The molecule has 0 amide bonds. The average molecular weight is 968 g/mol. The van der Waals surface area contributed by atoms with Crippen molar-refractivity contribution in [1.82, 2.24) is 4.90 Å². The van der Waals surface area contributed by atoms with Crippen LogP contribution in [0.2, 0.25) is 0 Å². The molecule has 0 aromatic carbocycles. The summed E-state index contributed by atoms with van der Waals surface area (Å²) in [5.41, 5.74) is -1.58. The van der Waals surface area contributed by atoms with Gasteiger partial charge >= 0.3 is 35.8 Å². The number of carbonyl (C=O) groups is 6. The molecular formula is C55H101NO12. The van der Waals surface area contributed by atoms with Gasteiger partial charge in [-0.3, -0.25) is 28.8 Å². The molecule has 0 aromatic heterocycles. The summed E-state index contributed by atoms with van der Waals surface area (Å²) in [4.78, 5) is 84.4. The Morgan fingerprint density at radius 1 is 0.382 bits per heavy atom. The van der Waals surface area contributed by atoms with Crippen molar-refractivity contribution >= 4 is 35.8 Å². The second-order valence-electron chi connectivity index (χ2n) is 19.6. The lowest BCUT2D eigenvalue weighted by molar-refractivity contribution is -0.176. The Kier molecular flexibility index (Phi) is 41.7. The number of hydrogen-bond donors (Lipinski definition) is 0. The molecule has 0 aliphatic rings. The van der Waals surface area contributed by atoms with Gasteiger partial charge in [-0.05, 0) is 77.9 Å². The van der Waals surface area contributed by atoms with E-state index in [1.165, 1.54) is 0 Å². The molecule has 0 bridgehead atoms. The molecule has 68 heavy (non-hydrogen) atoms. The molecular weight excluding hydrogens is 867 g/mol. The van der Waals surface area contributed by atoms with Gasteiger partial charge in [0.2, 0.25) is 0 Å². The molecule has 0 saturated heterocycles. The molecule has 0 rings (SSSR count). The van der Waals surface area contributed by atoms with E-state index in [4.69, 9.17) is 28.4 Å². The summed E-state index contributed by atoms with van der Waals surface area (Å²) in [6.07, 6.45) is 24.1. The molecule has 2 unspecified atom stereocenters. The molecule has 0 spiro atoms. The fourth-order valence-corrected chi connectivity index (χ4v) is 7.96. The lowest BCUT2D eigenvalue weighted by Crippen LogP contribution is -2.45. The molecule has 13 heteroatoms. The summed E-state index contributed by atoms with van der Waals surface area (Å²) >= 11 is 0. The second-order valence-corrected chi connectivity index (χ2v) is 19.6. The van der Waals surface area contributed by atoms with Crippen LogP contribution in [0.5, 0.6) is 0 Å². The standard InChI is InChI=1S/C55H101NO12/c1-9-15-21-27-35-47(51(59)63-39-31-23-17-11-3)53(61)67-44-55(42-65-49(57)37-29-30-38-56(7)8,43-66-50(58)41-46(33-25-19-13-5)34-26-20-14-6)45-68-54(62)48(36-28-22-16-10-2)52(60)64-40-32-24-18-12-4/h46-48H,9-45H2,1-8H3. The van der Waals surface area contributed by atoms with E-state index in [1.807, 2.05) is 19.0 Å². The summed E-state index contributed by atoms with van der Waals surface area (Å²) in [7, 11) is 3.92. The Hall–Kier alpha value is -3.22. The van der Waals surface area contributed by atoms with Crippen molar-refractivity contribution in [2.75, 3.05) is 60.3 Å². The van der Waals surface area contributed by atoms with Gasteiger partial charge in [0.05, 0.1) is 13.2 Å². The number of hydrogen-bond acceptors (Lipinski definition) is 13. The minimum absolute atomic E-state index is 0.119. The minimum atomic E-state index is -1.58. The van der Waals surface area contributed by atoms with Crippen molar-refractivity contribution < 1.29 is 57.2 Å². The normalized spacial score (nSPS) is 13.1. The smallest absolute Gasteiger partial charge is 0.320 e. The van der Waals surface area contributed by atoms with Crippen molar-refractivity contribution in [3.05, 3.63) is 0 Å². The van der Waals surface area contributed by atoms with Gasteiger partial charge in [-0.15, -0.1) is 0 Å². The molecule has 0 aliphatic heterocycles. The van der Waals surface area contributed by atoms with E-state index < -0.39 is 79.5 Å². The zero-order chi connectivity index (χ0) is 50.7. The predicted octanol–water partition coefficient (Wildman–Crippen LogP) is 12.5. The first kappa shape index (κ1) is 64.8. The van der Waals surface area contributed by atoms with Crippen LogP contribution < -0.4 is 0 Å². The number of ether oxygens (including phenoxy) is 6. The van der Waals surface area contributed by atoms with Crippen LogP contribution in [-0.2, 0) is 57.2 Å². The van der Waals surface area contributed by atoms with Crippen LogP contribution in [-0.4, -0.2) is 101 Å². The number of unbranched alkanes of at least 4 members (excludes halogenated alkanes) is 17. The van der Waals surface area contributed by atoms with Crippen LogP contribution in [0, 0.1) is 23.2 Å². The monoisotopic (exact) mass is 968 g/mol. The maximum Gasteiger partial charge on any atom is 0.320 e. The molecule has 398 valence electrons. The highest BCUT2D eigenvalue weighted by molar-refractivity contribution is 5.95. The van der Waals surface area contributed by atoms with Crippen LogP contribution in [0.4, 0.5) is 0 Å². The van der Waals surface area contributed by atoms with Crippen molar-refractivity contribution in [2.45, 2.75) is 234 Å². The fourth-order valence-electron chi connectivity index (χ4n) is 7.96. The van der Waals surface area contributed by atoms with Gasteiger partial charge in [0, 0.05) is 12.8 Å². The van der Waals surface area contributed by atoms with Gasteiger partial charge < -0.3 is 33.3 Å². The predicted molar refractivity (Wildman–Crippen MR) is 270 cm³/mol. The van der Waals surface area contributed by atoms with Crippen molar-refractivity contribution in [2.24, 2.45) is 23.2 Å². The molecule has 0 radical (unpaired) electrons. The molecule has 0 aliphatic carbocycles. The first-order valence-corrected chi connectivity index (χ1v) is 27.5. The summed E-state index contributed by atoms with van der Waals surface area (Å²) in [6, 6.07) is 0. The van der Waals surface area contributed by atoms with Crippen LogP contribution in [0.1, 0.15) is 234 Å². The number of esters is 6. The zero-order valence-electron chi connectivity index (χ0n) is 44.7. The van der Waals surface area contributed by atoms with Crippen LogP contribution in [0.25, 0.3) is 0 Å². The van der Waals surface area contributed by atoms with Gasteiger partial charge in [0.15, 0.2) is 11.8 Å². The zero-order valence-corrected chi connectivity index (χ0v) is 44.7. The van der Waals surface area contributed by atoms with Crippen molar-refractivity contribution in [1.29, 1.82) is 0 Å². The average Bonchev–Trinajstić information content (AvgIpc) is 3.32. The van der Waals surface area contributed by atoms with Crippen LogP contribution in [0.3, 0.4) is 0 Å². The molecule has 0 fully saturated rings. The highest BCUT2D eigenvalue weighted by Crippen LogP contribution is 2.27. The third kappa shape index (κ3) is 34.1. The largest absolute Gasteiger partial charge is 0.465 e. The molecule has 0 saturated carbocycles. The maximum atomic E-state index is 14.1. The van der Waals surface area contributed by atoms with Crippen LogP contribution >= 0.6 is 0 Å². The summed E-state index contributed by atoms with van der Waals surface area (Å²) in [5.74, 6) is -6.20. The number of carbonyl (C=O) groups excluding carboxylic acids is 6. The fraction of sp³-hybridized carbons (Fsp3) is 0.891. The van der Waals surface area contributed by atoms with Crippen molar-refractivity contribution in [3.8, 4) is 0 Å². The Morgan fingerprint density at radius 2 is 0.735 bits per heavy atom. The third-order valence-corrected chi connectivity index (χ3v) is 12.6. The lowest BCUT2D eigenvalue weighted by atomic mass is 9.91. The SMILES string of the molecule is CCCCCCOC(=O)C(CCCCCC)C(=O)OCC(COC(=O)CCCCN(C)C)(COC(=O)CC(CCCCC)CCCCC)COC(=O)C(CCCCCC)C(=O)OCCCCCC. The van der Waals surface area contributed by atoms with E-state index in [0.29, 0.717) is 32.1 Å². The van der Waals surface area contributed by atoms with E-state index in [1.54, 1.807) is 0 Å². The van der Waals surface area contributed by atoms with Gasteiger partial charge in [-0.2, -0.15) is 0 Å². The first-order valence-electron chi connectivity index (χ1n) is 27.5. The van der Waals surface area contributed by atoms with E-state index in [2.05, 4.69) is 41.5 Å². The number of nitrogens with zero attached hydrogens (tertiary/aromatic N) is 1. The van der Waals surface area contributed by atoms with E-state index >= 15 is 0 Å². The molecule has 0 heterocycles. The van der Waals surface area contributed by atoms with Gasteiger partial charge in [0.1, 0.15) is 31.8 Å². The van der Waals surface area contributed by atoms with Crippen molar-refractivity contribution in [3.63, 3.8) is 0 Å². The topological polar surface area (TPSA) is 161 Å². The first-order chi connectivity index (χ1) is 32.8. The van der Waals surface area contributed by atoms with E-state index in [-0.39, 0.29) is 44.8 Å². The minimum Gasteiger partial charge on any atom is -0.465 e. The van der Waals surface area contributed by atoms with E-state index in [9.17, 15) is 28.8 Å². The Labute approximate surface area is 414 Å². The molecule has 0 aromatic rings. The third-order valence-electron chi connectivity index (χ3n) is 12.6. The highest BCUT2D eigenvalue weighted by atomic mass is 16.6. The highest BCUT2D eigenvalue weighted by Gasteiger charge is 2.41. The van der Waals surface area contributed by atoms with Gasteiger partial charge in [0.25, 0.3) is 0 Å². The molecule has 13 nitrogen and oxygen atoms in total. The quantitative estimate of drug-likeness (QED) is 0.0245. The second kappa shape index (κ2) is 43.8. The van der Waals surface area contributed by atoms with Gasteiger partial charge in [-0.1, -0.05) is 170 Å². The lowest BCUT2D eigenvalue weighted by Gasteiger charge is -2.32. The van der Waals surface area contributed by atoms with E-state index in [0.717, 1.165) is 141 Å². The number of rotatable bonds is 47. The Bertz CT molecular complexity index is 1240. The summed E-state index contributed by atoms with van der Waals surface area (Å²) < 4.78 is 35.2. The Balaban J connectivity index is 6.99.